The summed E-state index contributed by atoms with van der Waals surface area (Å²) in [6, 6.07) is 0.242. The van der Waals surface area contributed by atoms with Gasteiger partial charge in [-0.2, -0.15) is 13.2 Å². The van der Waals surface area contributed by atoms with E-state index in [1.165, 1.54) is 0 Å². The van der Waals surface area contributed by atoms with Crippen LogP contribution >= 0.6 is 0 Å². The van der Waals surface area contributed by atoms with Gasteiger partial charge in [-0.25, -0.2) is 4.98 Å². The van der Waals surface area contributed by atoms with E-state index < -0.39 is 12.6 Å². The molecule has 1 aromatic rings. The minimum absolute atomic E-state index is 0.129. The highest BCUT2D eigenvalue weighted by atomic mass is 19.4. The summed E-state index contributed by atoms with van der Waals surface area (Å²) in [7, 11) is 0. The average molecular weight is 262 g/mol. The maximum atomic E-state index is 11.9. The number of hydrogen-bond donors (Lipinski definition) is 3. The number of fused-ring (bicyclic) bond motifs is 1. The number of aromatic amines is 1. The smallest absolute Gasteiger partial charge is 0.347 e. The summed E-state index contributed by atoms with van der Waals surface area (Å²) in [4.78, 5) is 7.26. The highest BCUT2D eigenvalue weighted by molar-refractivity contribution is 5.15. The third-order valence-corrected chi connectivity index (χ3v) is 3.02. The van der Waals surface area contributed by atoms with Crippen LogP contribution in [0.2, 0.25) is 0 Å². The van der Waals surface area contributed by atoms with Crippen molar-refractivity contribution >= 4 is 0 Å². The Balaban J connectivity index is 1.61. The lowest BCUT2D eigenvalue weighted by Gasteiger charge is -2.23. The molecule has 1 aliphatic heterocycles. The molecule has 0 bridgehead atoms. The Labute approximate surface area is 103 Å². The number of rotatable bonds is 5. The third-order valence-electron chi connectivity index (χ3n) is 3.02. The van der Waals surface area contributed by atoms with Gasteiger partial charge in [-0.3, -0.25) is 0 Å². The van der Waals surface area contributed by atoms with Gasteiger partial charge in [0.2, 0.25) is 0 Å². The van der Waals surface area contributed by atoms with Crippen molar-refractivity contribution in [1.82, 2.24) is 20.6 Å². The number of H-pyrrole nitrogens is 1. The molecule has 1 atom stereocenters. The monoisotopic (exact) mass is 262 g/mol. The molecule has 3 N–H and O–H groups in total. The molecule has 18 heavy (non-hydrogen) atoms. The molecule has 2 heterocycles. The van der Waals surface area contributed by atoms with E-state index in [1.807, 2.05) is 0 Å². The molecule has 0 aromatic carbocycles. The van der Waals surface area contributed by atoms with E-state index >= 15 is 0 Å². The quantitative estimate of drug-likeness (QED) is 0.702. The third kappa shape index (κ3) is 3.99. The summed E-state index contributed by atoms with van der Waals surface area (Å²) in [6.07, 6.45) is -2.16. The molecule has 0 radical (unpaired) electrons. The lowest BCUT2D eigenvalue weighted by Crippen LogP contribution is -2.43. The fraction of sp³-hybridized carbons (Fsp3) is 0.727. The topological polar surface area (TPSA) is 52.7 Å². The van der Waals surface area contributed by atoms with Crippen LogP contribution in [0.3, 0.4) is 0 Å². The normalized spacial score (nSPS) is 19.8. The van der Waals surface area contributed by atoms with Crippen LogP contribution in [0.4, 0.5) is 13.2 Å². The first-order chi connectivity index (χ1) is 8.54. The number of hydrogen-bond acceptors (Lipinski definition) is 3. The molecule has 7 heteroatoms. The number of halogens is 3. The van der Waals surface area contributed by atoms with Gasteiger partial charge in [0.15, 0.2) is 0 Å². The van der Waals surface area contributed by atoms with Gasteiger partial charge in [0.25, 0.3) is 0 Å². The summed E-state index contributed by atoms with van der Waals surface area (Å²) in [5, 5.41) is 6.36. The van der Waals surface area contributed by atoms with Gasteiger partial charge < -0.3 is 15.6 Å². The molecule has 0 saturated carbocycles. The van der Waals surface area contributed by atoms with E-state index in [9.17, 15) is 13.2 Å². The van der Waals surface area contributed by atoms with Gasteiger partial charge in [-0.1, -0.05) is 0 Å². The zero-order chi connectivity index (χ0) is 13.0. The fourth-order valence-electron chi connectivity index (χ4n) is 2.06. The van der Waals surface area contributed by atoms with Crippen LogP contribution in [0.15, 0.2) is 6.33 Å². The summed E-state index contributed by atoms with van der Waals surface area (Å²) < 4.78 is 35.7. The molecule has 4 nitrogen and oxygen atoms in total. The Morgan fingerprint density at radius 3 is 3.06 bits per heavy atom. The van der Waals surface area contributed by atoms with E-state index in [0.717, 1.165) is 24.4 Å². The molecule has 0 aliphatic carbocycles. The van der Waals surface area contributed by atoms with E-state index in [1.54, 1.807) is 6.33 Å². The lowest BCUT2D eigenvalue weighted by atomic mass is 10.1. The first-order valence-corrected chi connectivity index (χ1v) is 6.06. The van der Waals surface area contributed by atoms with Gasteiger partial charge >= 0.3 is 6.18 Å². The molecule has 1 unspecified atom stereocenters. The minimum atomic E-state index is -4.05. The van der Waals surface area contributed by atoms with E-state index in [4.69, 9.17) is 0 Å². The maximum absolute atomic E-state index is 11.9. The summed E-state index contributed by atoms with van der Waals surface area (Å²) in [5.74, 6) is 0. The minimum Gasteiger partial charge on any atom is -0.347 e. The van der Waals surface area contributed by atoms with Crippen molar-refractivity contribution in [2.45, 2.75) is 38.0 Å². The zero-order valence-corrected chi connectivity index (χ0v) is 9.98. The van der Waals surface area contributed by atoms with Crippen molar-refractivity contribution in [2.75, 3.05) is 13.1 Å². The molecule has 102 valence electrons. The predicted molar refractivity (Wildman–Crippen MR) is 61.1 cm³/mol. The number of imidazole rings is 1. The number of nitrogens with zero attached hydrogens (tertiary/aromatic N) is 1. The zero-order valence-electron chi connectivity index (χ0n) is 9.98. The molecule has 1 aliphatic rings. The molecule has 0 saturated heterocycles. The van der Waals surface area contributed by atoms with Gasteiger partial charge in [-0.05, 0) is 13.0 Å². The predicted octanol–water partition coefficient (Wildman–Crippen LogP) is 1.36. The largest absolute Gasteiger partial charge is 0.389 e. The molecular formula is C11H17F3N4. The first kappa shape index (κ1) is 13.4. The second-order valence-corrected chi connectivity index (χ2v) is 4.53. The van der Waals surface area contributed by atoms with E-state index in [-0.39, 0.29) is 12.5 Å². The van der Waals surface area contributed by atoms with E-state index in [2.05, 4.69) is 20.6 Å². The Morgan fingerprint density at radius 1 is 1.44 bits per heavy atom. The molecule has 2 rings (SSSR count). The molecular weight excluding hydrogens is 245 g/mol. The van der Waals surface area contributed by atoms with Crippen LogP contribution in [0.5, 0.6) is 0 Å². The summed E-state index contributed by atoms with van der Waals surface area (Å²) >= 11 is 0. The molecule has 0 spiro atoms. The second kappa shape index (κ2) is 5.71. The SMILES string of the molecule is FC(F)(F)CCCNCC1Cc2nc[nH]c2CN1. The van der Waals surface area contributed by atoms with Gasteiger partial charge in [0, 0.05) is 32.0 Å². The Hall–Kier alpha value is -1.08. The Morgan fingerprint density at radius 2 is 2.28 bits per heavy atom. The average Bonchev–Trinajstić information content (AvgIpc) is 2.74. The van der Waals surface area contributed by atoms with Crippen molar-refractivity contribution in [3.63, 3.8) is 0 Å². The fourth-order valence-corrected chi connectivity index (χ4v) is 2.06. The maximum Gasteiger partial charge on any atom is 0.389 e. The van der Waals surface area contributed by atoms with Crippen molar-refractivity contribution in [3.05, 3.63) is 17.7 Å². The van der Waals surface area contributed by atoms with Crippen molar-refractivity contribution in [1.29, 1.82) is 0 Å². The van der Waals surface area contributed by atoms with Crippen LogP contribution in [0.25, 0.3) is 0 Å². The van der Waals surface area contributed by atoms with Crippen LogP contribution in [-0.4, -0.2) is 35.3 Å². The van der Waals surface area contributed by atoms with Crippen molar-refractivity contribution in [3.8, 4) is 0 Å². The van der Waals surface area contributed by atoms with Gasteiger partial charge in [0.1, 0.15) is 0 Å². The summed E-state index contributed by atoms with van der Waals surface area (Å²) in [6.45, 7) is 1.81. The van der Waals surface area contributed by atoms with Crippen LogP contribution in [-0.2, 0) is 13.0 Å². The highest BCUT2D eigenvalue weighted by Crippen LogP contribution is 2.20. The van der Waals surface area contributed by atoms with Crippen molar-refractivity contribution < 1.29 is 13.2 Å². The lowest BCUT2D eigenvalue weighted by molar-refractivity contribution is -0.135. The van der Waals surface area contributed by atoms with Gasteiger partial charge in [0.05, 0.1) is 17.7 Å². The van der Waals surface area contributed by atoms with E-state index in [0.29, 0.717) is 13.1 Å². The molecule has 0 fully saturated rings. The highest BCUT2D eigenvalue weighted by Gasteiger charge is 2.26. The van der Waals surface area contributed by atoms with Crippen molar-refractivity contribution in [2.24, 2.45) is 0 Å². The van der Waals surface area contributed by atoms with Crippen LogP contribution in [0.1, 0.15) is 24.2 Å². The number of alkyl halides is 3. The van der Waals surface area contributed by atoms with Crippen LogP contribution < -0.4 is 10.6 Å². The number of aromatic nitrogens is 2. The Kier molecular flexibility index (Phi) is 4.23. The number of nitrogens with one attached hydrogen (secondary N) is 3. The first-order valence-electron chi connectivity index (χ1n) is 6.06. The van der Waals surface area contributed by atoms with Gasteiger partial charge in [-0.15, -0.1) is 0 Å². The Bertz CT molecular complexity index is 375. The van der Waals surface area contributed by atoms with Crippen LogP contribution in [0, 0.1) is 0 Å². The standard InChI is InChI=1S/C11H17F3N4/c12-11(13,14)2-1-3-15-5-8-4-9-10(6-16-8)18-7-17-9/h7-8,15-16H,1-6H2,(H,17,18). The summed E-state index contributed by atoms with van der Waals surface area (Å²) in [5.41, 5.74) is 2.15. The molecule has 0 amide bonds. The second-order valence-electron chi connectivity index (χ2n) is 4.53. The molecule has 1 aromatic heterocycles.